The van der Waals surface area contributed by atoms with E-state index in [4.69, 9.17) is 9.47 Å². The van der Waals surface area contributed by atoms with Crippen molar-refractivity contribution in [2.75, 3.05) is 51.5 Å². The summed E-state index contributed by atoms with van der Waals surface area (Å²) >= 11 is 0. The highest BCUT2D eigenvalue weighted by Gasteiger charge is 2.44. The maximum atomic E-state index is 12.4. The van der Waals surface area contributed by atoms with Gasteiger partial charge in [0.25, 0.3) is 20.2 Å². The first-order valence-corrected chi connectivity index (χ1v) is 20.6. The minimum absolute atomic E-state index is 0.0592. The topological polar surface area (TPSA) is 180 Å². The van der Waals surface area contributed by atoms with Gasteiger partial charge in [-0.15, -0.1) is 0 Å². The van der Waals surface area contributed by atoms with E-state index in [9.17, 15) is 35.5 Å². The van der Waals surface area contributed by atoms with Gasteiger partial charge in [-0.1, -0.05) is 26.3 Å². The Morgan fingerprint density at radius 1 is 0.830 bits per heavy atom. The summed E-state index contributed by atoms with van der Waals surface area (Å²) in [6.07, 6.45) is 8.86. The number of amides is 1. The van der Waals surface area contributed by atoms with E-state index >= 15 is 0 Å². The Labute approximate surface area is 313 Å². The van der Waals surface area contributed by atoms with Gasteiger partial charge in [0.1, 0.15) is 12.8 Å². The van der Waals surface area contributed by atoms with Crippen LogP contribution in [0.15, 0.2) is 70.1 Å². The fourth-order valence-electron chi connectivity index (χ4n) is 6.88. The van der Waals surface area contributed by atoms with Crippen LogP contribution in [0.25, 0.3) is 0 Å². The minimum Gasteiger partial charge on any atom is -0.379 e. The highest BCUT2D eigenvalue weighted by Crippen LogP contribution is 2.49. The van der Waals surface area contributed by atoms with Gasteiger partial charge in [-0.3, -0.25) is 18.7 Å². The van der Waals surface area contributed by atoms with Crippen LogP contribution in [0.5, 0.6) is 0 Å². The van der Waals surface area contributed by atoms with Crippen LogP contribution in [0.1, 0.15) is 77.8 Å². The highest BCUT2D eigenvalue weighted by atomic mass is 32.2. The molecule has 2 aromatic rings. The molecule has 2 heterocycles. The number of nitrogens with one attached hydrogen (secondary N) is 1. The summed E-state index contributed by atoms with van der Waals surface area (Å²) in [6.45, 7) is 12.0. The van der Waals surface area contributed by atoms with E-state index in [1.807, 2.05) is 57.5 Å². The number of allylic oxidation sites excluding steroid dienone is 4. The number of ether oxygens (including phenoxy) is 2. The van der Waals surface area contributed by atoms with Crippen molar-refractivity contribution in [1.29, 1.82) is 0 Å². The number of unbranched alkanes of at least 4 members (excludes halogenated alkanes) is 2. The molecule has 2 aliphatic rings. The van der Waals surface area contributed by atoms with E-state index < -0.39 is 31.1 Å². The lowest BCUT2D eigenvalue weighted by Gasteiger charge is -2.27. The second kappa shape index (κ2) is 17.2. The van der Waals surface area contributed by atoms with Gasteiger partial charge in [0.15, 0.2) is 5.71 Å². The second-order valence-corrected chi connectivity index (χ2v) is 17.2. The number of carbonyl (C=O) groups is 2. The molecule has 53 heavy (non-hydrogen) atoms. The van der Waals surface area contributed by atoms with Gasteiger partial charge in [0.2, 0.25) is 11.6 Å². The molecule has 0 radical (unpaired) electrons. The van der Waals surface area contributed by atoms with Gasteiger partial charge in [0, 0.05) is 60.4 Å². The molecule has 15 heteroatoms. The molecular weight excluding hydrogens is 723 g/mol. The van der Waals surface area contributed by atoms with Crippen LogP contribution in [-0.4, -0.2) is 94.5 Å². The molecule has 0 bridgehead atoms. The van der Waals surface area contributed by atoms with Gasteiger partial charge in [-0.2, -0.15) is 21.4 Å². The van der Waals surface area contributed by atoms with Gasteiger partial charge in [-0.05, 0) is 75.6 Å². The normalized spacial score (nSPS) is 17.1. The third kappa shape index (κ3) is 10.3. The van der Waals surface area contributed by atoms with Crippen LogP contribution < -0.4 is 10.2 Å². The number of ketones is 1. The Kier molecular flexibility index (Phi) is 13.6. The average Bonchev–Trinajstić information content (AvgIpc) is 3.40. The monoisotopic (exact) mass is 774 g/mol. The van der Waals surface area contributed by atoms with Crippen LogP contribution in [0.4, 0.5) is 11.4 Å². The van der Waals surface area contributed by atoms with Crippen molar-refractivity contribution >= 4 is 49.0 Å². The molecule has 290 valence electrons. The van der Waals surface area contributed by atoms with Crippen molar-refractivity contribution in [2.45, 2.75) is 87.3 Å². The fraction of sp³-hybridized carbons (Fsp3) is 0.500. The molecule has 0 aliphatic carbocycles. The summed E-state index contributed by atoms with van der Waals surface area (Å²) in [6, 6.07) is 9.20. The van der Waals surface area contributed by atoms with Crippen LogP contribution >= 0.6 is 0 Å². The Morgan fingerprint density at radius 3 is 2.09 bits per heavy atom. The van der Waals surface area contributed by atoms with Crippen molar-refractivity contribution in [3.05, 3.63) is 71.5 Å². The third-order valence-corrected chi connectivity index (χ3v) is 11.5. The zero-order valence-corrected chi connectivity index (χ0v) is 33.0. The van der Waals surface area contributed by atoms with E-state index in [-0.39, 0.29) is 21.5 Å². The molecule has 0 unspecified atom stereocenters. The Morgan fingerprint density at radius 2 is 1.45 bits per heavy atom. The van der Waals surface area contributed by atoms with Crippen molar-refractivity contribution in [3.63, 3.8) is 0 Å². The number of carbonyl (C=O) groups excluding carboxylic acids is 2. The number of anilines is 1. The maximum absolute atomic E-state index is 12.4. The van der Waals surface area contributed by atoms with Gasteiger partial charge >= 0.3 is 0 Å². The SMILES string of the molecule is CC(=O)CCOCCOCCNC(=O)CCCCCN1/C(=C\C=C\C2=[N+](C)c3ccc(S(=O)(=O)O)cc3C2(C)C)C(C)(C)c2cc(S(=O)(=O)O)ccc21. The number of hydrogen-bond acceptors (Lipinski definition) is 9. The number of Topliss-reactive ketones (excluding diaryl/α,β-unsaturated/α-hetero) is 1. The summed E-state index contributed by atoms with van der Waals surface area (Å²) in [5.74, 6) is 0.0192. The van der Waals surface area contributed by atoms with Gasteiger partial charge < -0.3 is 19.7 Å². The first-order chi connectivity index (χ1) is 24.8. The van der Waals surface area contributed by atoms with E-state index in [1.54, 1.807) is 12.1 Å². The molecule has 0 spiro atoms. The van der Waals surface area contributed by atoms with Crippen molar-refractivity contribution in [1.82, 2.24) is 5.32 Å². The van der Waals surface area contributed by atoms with E-state index in [2.05, 4.69) is 10.2 Å². The first-order valence-electron chi connectivity index (χ1n) is 17.7. The molecule has 1 amide bonds. The van der Waals surface area contributed by atoms with Crippen LogP contribution in [0.3, 0.4) is 0 Å². The maximum Gasteiger partial charge on any atom is 0.294 e. The zero-order chi connectivity index (χ0) is 39.2. The summed E-state index contributed by atoms with van der Waals surface area (Å²) < 4.78 is 80.0. The van der Waals surface area contributed by atoms with Crippen molar-refractivity contribution in [3.8, 4) is 0 Å². The molecular formula is C38H52N3O10S2+. The fourth-order valence-corrected chi connectivity index (χ4v) is 7.90. The van der Waals surface area contributed by atoms with Crippen molar-refractivity contribution in [2.24, 2.45) is 0 Å². The van der Waals surface area contributed by atoms with E-state index in [1.165, 1.54) is 31.2 Å². The molecule has 4 rings (SSSR count). The quantitative estimate of drug-likeness (QED) is 0.0981. The minimum atomic E-state index is -4.42. The summed E-state index contributed by atoms with van der Waals surface area (Å²) in [5, 5.41) is 2.86. The van der Waals surface area contributed by atoms with Crippen LogP contribution in [0.2, 0.25) is 0 Å². The number of nitrogens with zero attached hydrogens (tertiary/aromatic N) is 2. The predicted molar refractivity (Wildman–Crippen MR) is 202 cm³/mol. The van der Waals surface area contributed by atoms with Crippen LogP contribution in [0, 0.1) is 0 Å². The molecule has 0 fully saturated rings. The number of fused-ring (bicyclic) bond motifs is 2. The highest BCUT2D eigenvalue weighted by molar-refractivity contribution is 7.86. The average molecular weight is 775 g/mol. The molecule has 0 saturated carbocycles. The Balaban J connectivity index is 1.42. The molecule has 2 aromatic carbocycles. The lowest BCUT2D eigenvalue weighted by atomic mass is 9.81. The number of rotatable bonds is 19. The molecule has 0 aromatic heterocycles. The molecule has 2 aliphatic heterocycles. The van der Waals surface area contributed by atoms with E-state index in [0.29, 0.717) is 58.8 Å². The zero-order valence-electron chi connectivity index (χ0n) is 31.3. The lowest BCUT2D eigenvalue weighted by molar-refractivity contribution is -0.401. The number of benzene rings is 2. The molecule has 3 N–H and O–H groups in total. The van der Waals surface area contributed by atoms with E-state index in [0.717, 1.165) is 46.8 Å². The molecule has 0 saturated heterocycles. The van der Waals surface area contributed by atoms with Gasteiger partial charge in [0.05, 0.1) is 41.6 Å². The Bertz CT molecular complexity index is 2020. The Hall–Kier alpha value is -3.73. The second-order valence-electron chi connectivity index (χ2n) is 14.4. The molecule has 13 nitrogen and oxygen atoms in total. The standard InChI is InChI=1S/C38H51N3O10S2/c1-27(42)18-21-50-23-24-51-22-19-39-36(43)13-8-7-9-20-41-33-17-15-29(53(47,48)49)26-31(33)38(4,5)35(41)12-10-11-34-37(2,3)30-25-28(52(44,45)46)14-16-32(30)40(34)6/h10-12,14-17,25-26H,7-9,13,18-24H2,1-6H3,(H2-,39,43,44,45,46,47,48,49)/p+1. The summed E-state index contributed by atoms with van der Waals surface area (Å²) in [7, 11) is -6.89. The lowest BCUT2D eigenvalue weighted by Crippen LogP contribution is -2.28. The largest absolute Gasteiger partial charge is 0.379 e. The summed E-state index contributed by atoms with van der Waals surface area (Å²) in [5.41, 5.74) is 3.80. The van der Waals surface area contributed by atoms with Gasteiger partial charge in [-0.25, -0.2) is 0 Å². The third-order valence-electron chi connectivity index (χ3n) is 9.80. The number of hydrogen-bond donors (Lipinski definition) is 3. The smallest absolute Gasteiger partial charge is 0.294 e. The molecule has 0 atom stereocenters. The predicted octanol–water partition coefficient (Wildman–Crippen LogP) is 5.11. The van der Waals surface area contributed by atoms with Crippen LogP contribution in [-0.2, 0) is 50.1 Å². The summed E-state index contributed by atoms with van der Waals surface area (Å²) in [4.78, 5) is 25.1. The van der Waals surface area contributed by atoms with Crippen molar-refractivity contribution < 1.29 is 49.6 Å². The first kappa shape index (κ1) is 42.0.